The third-order valence-electron chi connectivity index (χ3n) is 9.63. The van der Waals surface area contributed by atoms with Crippen molar-refractivity contribution in [3.05, 3.63) is 61.2 Å². The highest BCUT2D eigenvalue weighted by Crippen LogP contribution is 2.65. The molecule has 6 atom stereocenters. The van der Waals surface area contributed by atoms with E-state index in [1.54, 1.807) is 26.9 Å². The first kappa shape index (κ1) is 32.0. The molecule has 8 heteroatoms. The van der Waals surface area contributed by atoms with Gasteiger partial charge in [-0.2, -0.15) is 0 Å². The number of rotatable bonds is 16. The molecule has 1 aromatic carbocycles. The average Bonchev–Trinajstić information content (AvgIpc) is 3.61. The van der Waals surface area contributed by atoms with Crippen molar-refractivity contribution in [1.82, 2.24) is 14.7 Å². The number of carbonyl (C=O) groups is 3. The van der Waals surface area contributed by atoms with E-state index in [0.29, 0.717) is 51.9 Å². The molecule has 0 aromatic heterocycles. The number of aliphatic hydroxyl groups is 1. The smallest absolute Gasteiger partial charge is 0.248 e. The molecule has 2 unspecified atom stereocenters. The lowest BCUT2D eigenvalue weighted by molar-refractivity contribution is -0.158. The molecule has 3 aliphatic rings. The zero-order valence-electron chi connectivity index (χ0n) is 25.7. The second-order valence-corrected chi connectivity index (χ2v) is 12.1. The van der Waals surface area contributed by atoms with Crippen molar-refractivity contribution in [1.29, 1.82) is 0 Å². The van der Waals surface area contributed by atoms with Crippen molar-refractivity contribution in [3.63, 3.8) is 0 Å². The van der Waals surface area contributed by atoms with E-state index in [9.17, 15) is 19.5 Å². The minimum atomic E-state index is -1.13. The average molecular weight is 580 g/mol. The van der Waals surface area contributed by atoms with E-state index in [2.05, 4.69) is 20.1 Å². The Labute approximate surface area is 251 Å². The molecular formula is C34H49N3O5. The van der Waals surface area contributed by atoms with Crippen LogP contribution in [-0.4, -0.2) is 93.6 Å². The molecule has 8 nitrogen and oxygen atoms in total. The van der Waals surface area contributed by atoms with E-state index < -0.39 is 35.1 Å². The Morgan fingerprint density at radius 3 is 2.29 bits per heavy atom. The maximum atomic E-state index is 14.7. The number of ether oxygens (including phenoxy) is 1. The largest absolute Gasteiger partial charge is 0.394 e. The number of benzene rings is 1. The number of nitrogens with zero attached hydrogens (tertiary/aromatic N) is 3. The van der Waals surface area contributed by atoms with Crippen molar-refractivity contribution in [3.8, 4) is 0 Å². The van der Waals surface area contributed by atoms with Crippen LogP contribution in [0.5, 0.6) is 0 Å². The van der Waals surface area contributed by atoms with Gasteiger partial charge in [0.2, 0.25) is 17.7 Å². The quantitative estimate of drug-likeness (QED) is 0.299. The highest BCUT2D eigenvalue weighted by atomic mass is 16.5. The summed E-state index contributed by atoms with van der Waals surface area (Å²) in [7, 11) is 0. The summed E-state index contributed by atoms with van der Waals surface area (Å²) in [6, 6.07) is 8.13. The molecule has 4 rings (SSSR count). The summed E-state index contributed by atoms with van der Waals surface area (Å²) in [5.41, 5.74) is -0.982. The molecule has 230 valence electrons. The monoisotopic (exact) mass is 579 g/mol. The van der Waals surface area contributed by atoms with Gasteiger partial charge in [0.15, 0.2) is 0 Å². The number of amides is 3. The number of hydrogen-bond donors (Lipinski definition) is 1. The molecule has 0 radical (unpaired) electrons. The fourth-order valence-corrected chi connectivity index (χ4v) is 7.72. The van der Waals surface area contributed by atoms with Crippen LogP contribution in [0.2, 0.25) is 0 Å². The molecule has 2 bridgehead atoms. The minimum Gasteiger partial charge on any atom is -0.394 e. The molecule has 1 aromatic rings. The first-order valence-electron chi connectivity index (χ1n) is 15.8. The molecule has 42 heavy (non-hydrogen) atoms. The number of fused-ring (bicyclic) bond motifs is 1. The molecule has 3 fully saturated rings. The first-order chi connectivity index (χ1) is 20.3. The second-order valence-electron chi connectivity index (χ2n) is 12.1. The van der Waals surface area contributed by atoms with E-state index in [4.69, 9.17) is 4.74 Å². The van der Waals surface area contributed by atoms with Crippen LogP contribution in [0.15, 0.2) is 55.6 Å². The fourth-order valence-electron chi connectivity index (χ4n) is 7.72. The number of hydrogen-bond acceptors (Lipinski definition) is 5. The summed E-state index contributed by atoms with van der Waals surface area (Å²) in [5.74, 6) is -2.05. The lowest BCUT2D eigenvalue weighted by Gasteiger charge is -2.39. The Kier molecular flexibility index (Phi) is 10.3. The zero-order chi connectivity index (χ0) is 30.5. The Hall–Kier alpha value is -2.97. The molecule has 1 N–H and O–H groups in total. The number of unbranched alkanes of at least 4 members (excludes halogenated alkanes) is 1. The Balaban J connectivity index is 1.84. The van der Waals surface area contributed by atoms with Crippen molar-refractivity contribution in [2.24, 2.45) is 11.8 Å². The number of carbonyl (C=O) groups excluding carboxylic acids is 3. The van der Waals surface area contributed by atoms with Crippen molar-refractivity contribution in [2.75, 3.05) is 32.8 Å². The molecule has 0 saturated carbocycles. The van der Waals surface area contributed by atoms with Gasteiger partial charge in [-0.3, -0.25) is 14.4 Å². The second kappa shape index (κ2) is 13.6. The van der Waals surface area contributed by atoms with Gasteiger partial charge < -0.3 is 24.5 Å². The maximum Gasteiger partial charge on any atom is 0.248 e. The molecule has 3 aliphatic heterocycles. The van der Waals surface area contributed by atoms with Crippen LogP contribution in [0.4, 0.5) is 0 Å². The van der Waals surface area contributed by atoms with Gasteiger partial charge in [0.25, 0.3) is 0 Å². The van der Waals surface area contributed by atoms with Gasteiger partial charge in [0.1, 0.15) is 11.6 Å². The fraction of sp³-hybridized carbons (Fsp3) is 0.618. The summed E-state index contributed by atoms with van der Waals surface area (Å²) in [6.45, 7) is 15.4. The predicted molar refractivity (Wildman–Crippen MR) is 163 cm³/mol. The van der Waals surface area contributed by atoms with Crippen LogP contribution in [0, 0.1) is 11.8 Å². The summed E-state index contributed by atoms with van der Waals surface area (Å²) in [6.07, 6.45) is 8.02. The van der Waals surface area contributed by atoms with Gasteiger partial charge >= 0.3 is 0 Å². The van der Waals surface area contributed by atoms with E-state index in [0.717, 1.165) is 24.8 Å². The van der Waals surface area contributed by atoms with Crippen LogP contribution in [0.3, 0.4) is 0 Å². The van der Waals surface area contributed by atoms with E-state index in [1.807, 2.05) is 44.2 Å². The highest BCUT2D eigenvalue weighted by Gasteiger charge is 2.79. The first-order valence-corrected chi connectivity index (χ1v) is 15.8. The molecule has 3 amide bonds. The summed E-state index contributed by atoms with van der Waals surface area (Å²) in [5, 5.41) is 10.7. The molecule has 3 heterocycles. The Morgan fingerprint density at radius 1 is 1.05 bits per heavy atom. The van der Waals surface area contributed by atoms with Gasteiger partial charge in [-0.25, -0.2) is 0 Å². The van der Waals surface area contributed by atoms with Crippen LogP contribution >= 0.6 is 0 Å². The normalized spacial score (nSPS) is 28.4. The van der Waals surface area contributed by atoms with Crippen molar-refractivity contribution < 1.29 is 24.2 Å². The highest BCUT2D eigenvalue weighted by molar-refractivity contribution is 5.99. The lowest BCUT2D eigenvalue weighted by Crippen LogP contribution is -2.59. The third-order valence-corrected chi connectivity index (χ3v) is 9.63. The van der Waals surface area contributed by atoms with Gasteiger partial charge in [-0.1, -0.05) is 69.7 Å². The maximum absolute atomic E-state index is 14.7. The van der Waals surface area contributed by atoms with Gasteiger partial charge in [-0.05, 0) is 44.1 Å². The van der Waals surface area contributed by atoms with E-state index in [1.165, 1.54) is 0 Å². The molecular weight excluding hydrogens is 530 g/mol. The van der Waals surface area contributed by atoms with Crippen LogP contribution in [0.1, 0.15) is 64.9 Å². The molecule has 1 spiro atoms. The predicted octanol–water partition coefficient (Wildman–Crippen LogP) is 3.98. The van der Waals surface area contributed by atoms with E-state index in [-0.39, 0.29) is 24.3 Å². The topological polar surface area (TPSA) is 90.4 Å². The van der Waals surface area contributed by atoms with Crippen LogP contribution < -0.4 is 0 Å². The minimum absolute atomic E-state index is 0.107. The molecule has 0 aliphatic carbocycles. The van der Waals surface area contributed by atoms with E-state index >= 15 is 0 Å². The SMILES string of the molecule is C=CCN(CCCC)C(=O)C1N([C@@H](CO)Cc2ccccc2)C(=O)[C@@H]2[C@@H](C(=O)N(CC=C)CCC)[C@@]3(CC)CCC12O3. The number of aliphatic hydroxyl groups excluding tert-OH is 1. The molecule has 3 saturated heterocycles. The lowest BCUT2D eigenvalue weighted by atomic mass is 9.64. The third kappa shape index (κ3) is 5.44. The van der Waals surface area contributed by atoms with Crippen LogP contribution in [-0.2, 0) is 25.5 Å². The standard InChI is InChI=1S/C34H49N3O5/c1-6-11-22-36(21-9-4)32(41)29-34-18-17-33(10-5,42-34)27(30(39)35(19-7-2)20-8-3)28(34)31(40)37(29)26(24-38)23-25-15-13-12-14-16-25/h7,9,12-16,26-29,38H,2,4,6,8,10-11,17-24H2,1,3,5H3/t26-,27+,28+,29?,33-,34?/m1/s1. The van der Waals surface area contributed by atoms with Crippen molar-refractivity contribution in [2.45, 2.75) is 89.0 Å². The Bertz CT molecular complexity index is 1140. The summed E-state index contributed by atoms with van der Waals surface area (Å²) in [4.78, 5) is 48.8. The number of likely N-dealkylation sites (tertiary alicyclic amines) is 1. The van der Waals surface area contributed by atoms with Gasteiger partial charge in [0.05, 0.1) is 30.1 Å². The van der Waals surface area contributed by atoms with Gasteiger partial charge in [-0.15, -0.1) is 13.2 Å². The summed E-state index contributed by atoms with van der Waals surface area (Å²) < 4.78 is 6.98. The Morgan fingerprint density at radius 2 is 1.71 bits per heavy atom. The van der Waals surface area contributed by atoms with Gasteiger partial charge in [0, 0.05) is 26.2 Å². The summed E-state index contributed by atoms with van der Waals surface area (Å²) >= 11 is 0. The van der Waals surface area contributed by atoms with Crippen molar-refractivity contribution >= 4 is 17.7 Å². The zero-order valence-corrected chi connectivity index (χ0v) is 25.7. The van der Waals surface area contributed by atoms with Crippen LogP contribution in [0.25, 0.3) is 0 Å².